The lowest BCUT2D eigenvalue weighted by molar-refractivity contribution is 0.213. The smallest absolute Gasteiger partial charge is 0.126 e. The number of ether oxygens (including phenoxy) is 1. The fourth-order valence-corrected chi connectivity index (χ4v) is 1.83. The van der Waals surface area contributed by atoms with Crippen molar-refractivity contribution in [1.82, 2.24) is 5.32 Å². The molecule has 0 saturated heterocycles. The second-order valence-corrected chi connectivity index (χ2v) is 4.76. The van der Waals surface area contributed by atoms with Crippen LogP contribution in [0.2, 0.25) is 0 Å². The van der Waals surface area contributed by atoms with Crippen LogP contribution in [0, 0.1) is 12.7 Å². The molecular formula is C15H24FNO. The molecule has 0 radical (unpaired) electrons. The molecule has 2 nitrogen and oxygen atoms in total. The van der Waals surface area contributed by atoms with Gasteiger partial charge < -0.3 is 10.1 Å². The molecule has 0 aliphatic carbocycles. The highest BCUT2D eigenvalue weighted by molar-refractivity contribution is 5.40. The lowest BCUT2D eigenvalue weighted by Gasteiger charge is -2.21. The molecule has 0 amide bonds. The Labute approximate surface area is 110 Å². The van der Waals surface area contributed by atoms with E-state index in [1.54, 1.807) is 19.1 Å². The Morgan fingerprint density at radius 2 is 1.94 bits per heavy atom. The summed E-state index contributed by atoms with van der Waals surface area (Å²) in [5.41, 5.74) is 1.51. The zero-order valence-electron chi connectivity index (χ0n) is 12.0. The summed E-state index contributed by atoms with van der Waals surface area (Å²) < 4.78 is 19.6. The van der Waals surface area contributed by atoms with Crippen LogP contribution < -0.4 is 10.1 Å². The van der Waals surface area contributed by atoms with Gasteiger partial charge in [-0.25, -0.2) is 4.39 Å². The minimum absolute atomic E-state index is 0.0872. The van der Waals surface area contributed by atoms with Crippen molar-refractivity contribution < 1.29 is 9.13 Å². The van der Waals surface area contributed by atoms with Gasteiger partial charge in [0.15, 0.2) is 0 Å². The van der Waals surface area contributed by atoms with E-state index in [1.807, 2.05) is 20.8 Å². The topological polar surface area (TPSA) is 21.3 Å². The molecular weight excluding hydrogens is 229 g/mol. The standard InChI is InChI=1S/C15H24FNO/c1-6-11(4)18-15-8-10(3)14(16)9-13(15)12(5)17-7-2/h8-9,11-12,17H,6-7H2,1-5H3. The van der Waals surface area contributed by atoms with Crippen molar-refractivity contribution in [2.75, 3.05) is 6.54 Å². The quantitative estimate of drug-likeness (QED) is 0.828. The molecule has 0 bridgehead atoms. The molecule has 0 heterocycles. The Kier molecular flexibility index (Phi) is 5.60. The summed E-state index contributed by atoms with van der Waals surface area (Å²) in [4.78, 5) is 0. The van der Waals surface area contributed by atoms with Crippen LogP contribution in [0.25, 0.3) is 0 Å². The summed E-state index contributed by atoms with van der Waals surface area (Å²) in [6.45, 7) is 10.8. The second-order valence-electron chi connectivity index (χ2n) is 4.76. The van der Waals surface area contributed by atoms with Crippen LogP contribution in [-0.2, 0) is 0 Å². The first-order valence-corrected chi connectivity index (χ1v) is 6.69. The molecule has 0 fully saturated rings. The Morgan fingerprint density at radius 3 is 2.50 bits per heavy atom. The minimum atomic E-state index is -0.175. The van der Waals surface area contributed by atoms with Crippen molar-refractivity contribution in [3.8, 4) is 5.75 Å². The van der Waals surface area contributed by atoms with E-state index in [0.717, 1.165) is 24.3 Å². The number of hydrogen-bond acceptors (Lipinski definition) is 2. The van der Waals surface area contributed by atoms with E-state index in [0.29, 0.717) is 5.56 Å². The van der Waals surface area contributed by atoms with Gasteiger partial charge in [0.1, 0.15) is 11.6 Å². The van der Waals surface area contributed by atoms with Crippen LogP contribution in [0.15, 0.2) is 12.1 Å². The highest BCUT2D eigenvalue weighted by atomic mass is 19.1. The summed E-state index contributed by atoms with van der Waals surface area (Å²) in [7, 11) is 0. The minimum Gasteiger partial charge on any atom is -0.490 e. The van der Waals surface area contributed by atoms with Crippen LogP contribution in [0.3, 0.4) is 0 Å². The van der Waals surface area contributed by atoms with Gasteiger partial charge in [0, 0.05) is 11.6 Å². The normalized spacial score (nSPS) is 14.3. The van der Waals surface area contributed by atoms with Gasteiger partial charge in [-0.1, -0.05) is 13.8 Å². The molecule has 1 aromatic rings. The van der Waals surface area contributed by atoms with Gasteiger partial charge in [-0.05, 0) is 51.4 Å². The highest BCUT2D eigenvalue weighted by Crippen LogP contribution is 2.29. The van der Waals surface area contributed by atoms with Crippen molar-refractivity contribution in [3.63, 3.8) is 0 Å². The van der Waals surface area contributed by atoms with Crippen molar-refractivity contribution >= 4 is 0 Å². The maximum absolute atomic E-state index is 13.7. The largest absolute Gasteiger partial charge is 0.490 e. The van der Waals surface area contributed by atoms with Crippen LogP contribution in [0.5, 0.6) is 5.75 Å². The third-order valence-corrected chi connectivity index (χ3v) is 3.17. The molecule has 0 spiro atoms. The van der Waals surface area contributed by atoms with Gasteiger partial charge in [0.05, 0.1) is 6.10 Å². The summed E-state index contributed by atoms with van der Waals surface area (Å²) in [6, 6.07) is 3.47. The Bertz CT molecular complexity index is 392. The molecule has 3 heteroatoms. The van der Waals surface area contributed by atoms with Crippen LogP contribution >= 0.6 is 0 Å². The van der Waals surface area contributed by atoms with Gasteiger partial charge in [-0.3, -0.25) is 0 Å². The average molecular weight is 253 g/mol. The maximum atomic E-state index is 13.7. The van der Waals surface area contributed by atoms with Gasteiger partial charge in [0.25, 0.3) is 0 Å². The van der Waals surface area contributed by atoms with E-state index < -0.39 is 0 Å². The van der Waals surface area contributed by atoms with Crippen molar-refractivity contribution in [1.29, 1.82) is 0 Å². The van der Waals surface area contributed by atoms with Crippen molar-refractivity contribution in [2.24, 2.45) is 0 Å². The molecule has 18 heavy (non-hydrogen) atoms. The zero-order valence-corrected chi connectivity index (χ0v) is 12.0. The monoisotopic (exact) mass is 253 g/mol. The van der Waals surface area contributed by atoms with E-state index >= 15 is 0 Å². The lowest BCUT2D eigenvalue weighted by atomic mass is 10.0. The van der Waals surface area contributed by atoms with E-state index in [9.17, 15) is 4.39 Å². The van der Waals surface area contributed by atoms with Crippen molar-refractivity contribution in [2.45, 2.75) is 53.2 Å². The maximum Gasteiger partial charge on any atom is 0.126 e. The fourth-order valence-electron chi connectivity index (χ4n) is 1.83. The lowest BCUT2D eigenvalue weighted by Crippen LogP contribution is -2.20. The fraction of sp³-hybridized carbons (Fsp3) is 0.600. The van der Waals surface area contributed by atoms with Gasteiger partial charge in [0.2, 0.25) is 0 Å². The molecule has 0 aromatic heterocycles. The van der Waals surface area contributed by atoms with E-state index in [-0.39, 0.29) is 18.0 Å². The Morgan fingerprint density at radius 1 is 1.28 bits per heavy atom. The Hall–Kier alpha value is -1.09. The van der Waals surface area contributed by atoms with Gasteiger partial charge in [-0.15, -0.1) is 0 Å². The summed E-state index contributed by atoms with van der Waals surface area (Å²) >= 11 is 0. The first-order valence-electron chi connectivity index (χ1n) is 6.69. The van der Waals surface area contributed by atoms with Crippen LogP contribution in [0.1, 0.15) is 51.3 Å². The third-order valence-electron chi connectivity index (χ3n) is 3.17. The SMILES string of the molecule is CCNC(C)c1cc(F)c(C)cc1OC(C)CC. The number of benzene rings is 1. The molecule has 102 valence electrons. The number of rotatable bonds is 6. The van der Waals surface area contributed by atoms with Crippen LogP contribution in [-0.4, -0.2) is 12.6 Å². The Balaban J connectivity index is 3.08. The predicted molar refractivity (Wildman–Crippen MR) is 73.6 cm³/mol. The van der Waals surface area contributed by atoms with Gasteiger partial charge >= 0.3 is 0 Å². The van der Waals surface area contributed by atoms with Gasteiger partial charge in [-0.2, -0.15) is 0 Å². The zero-order chi connectivity index (χ0) is 13.7. The first kappa shape index (κ1) is 15.0. The molecule has 1 aromatic carbocycles. The molecule has 0 aliphatic rings. The number of hydrogen-bond donors (Lipinski definition) is 1. The number of halogens is 1. The number of aryl methyl sites for hydroxylation is 1. The molecule has 2 unspecified atom stereocenters. The summed E-state index contributed by atoms with van der Waals surface area (Å²) in [6.07, 6.45) is 1.08. The van der Waals surface area contributed by atoms with E-state index in [1.165, 1.54) is 0 Å². The summed E-state index contributed by atoms with van der Waals surface area (Å²) in [5.74, 6) is 0.614. The summed E-state index contributed by atoms with van der Waals surface area (Å²) in [5, 5.41) is 3.29. The van der Waals surface area contributed by atoms with Crippen LogP contribution in [0.4, 0.5) is 4.39 Å². The molecule has 2 atom stereocenters. The van der Waals surface area contributed by atoms with Crippen molar-refractivity contribution in [3.05, 3.63) is 29.1 Å². The highest BCUT2D eigenvalue weighted by Gasteiger charge is 2.15. The number of nitrogens with one attached hydrogen (secondary N) is 1. The molecule has 1 rings (SSSR count). The molecule has 0 saturated carbocycles. The van der Waals surface area contributed by atoms with E-state index in [2.05, 4.69) is 12.2 Å². The predicted octanol–water partition coefficient (Wildman–Crippen LogP) is 3.98. The second kappa shape index (κ2) is 6.74. The average Bonchev–Trinajstić information content (AvgIpc) is 2.33. The van der Waals surface area contributed by atoms with E-state index in [4.69, 9.17) is 4.74 Å². The third kappa shape index (κ3) is 3.70. The first-order chi connectivity index (χ1) is 8.49. The molecule has 0 aliphatic heterocycles. The molecule has 1 N–H and O–H groups in total.